The van der Waals surface area contributed by atoms with Crippen molar-refractivity contribution in [2.75, 3.05) is 29.2 Å². The molecule has 0 radical (unpaired) electrons. The fraction of sp³-hybridized carbons (Fsp3) is 0.161. The standard InChI is InChI=1S/C31H29BrN2O3/c1-22-12-14-23(15-13-22)26-8-3-4-9-27(26)30(35)33-25-18-16-24(17-19-25)31(36)34(2)28-10-5-6-11-29(28)37-21-7-20-32/h3-6,8-19H,7,20-21H2,1-2H3,(H,33,35). The van der Waals surface area contributed by atoms with Gasteiger partial charge in [-0.1, -0.05) is 76.1 Å². The lowest BCUT2D eigenvalue weighted by molar-refractivity contribution is 0.0990. The Hall–Kier alpha value is -3.90. The van der Waals surface area contributed by atoms with E-state index in [0.29, 0.717) is 34.9 Å². The Balaban J connectivity index is 1.47. The third-order valence-electron chi connectivity index (χ3n) is 5.99. The van der Waals surface area contributed by atoms with Crippen LogP contribution in [0.3, 0.4) is 0 Å². The first kappa shape index (κ1) is 26.2. The highest BCUT2D eigenvalue weighted by Gasteiger charge is 2.18. The predicted molar refractivity (Wildman–Crippen MR) is 154 cm³/mol. The van der Waals surface area contributed by atoms with Crippen LogP contribution >= 0.6 is 15.9 Å². The van der Waals surface area contributed by atoms with Gasteiger partial charge in [0, 0.05) is 29.2 Å². The van der Waals surface area contributed by atoms with Crippen molar-refractivity contribution in [1.29, 1.82) is 0 Å². The second-order valence-electron chi connectivity index (χ2n) is 8.67. The van der Waals surface area contributed by atoms with Gasteiger partial charge in [-0.2, -0.15) is 0 Å². The van der Waals surface area contributed by atoms with Gasteiger partial charge in [0.2, 0.25) is 0 Å². The zero-order chi connectivity index (χ0) is 26.2. The minimum absolute atomic E-state index is 0.167. The maximum atomic E-state index is 13.2. The van der Waals surface area contributed by atoms with Crippen LogP contribution in [0.15, 0.2) is 97.1 Å². The molecule has 6 heteroatoms. The van der Waals surface area contributed by atoms with Crippen molar-refractivity contribution >= 4 is 39.1 Å². The zero-order valence-corrected chi connectivity index (χ0v) is 22.5. The molecule has 37 heavy (non-hydrogen) atoms. The maximum Gasteiger partial charge on any atom is 0.258 e. The lowest BCUT2D eigenvalue weighted by Gasteiger charge is -2.21. The minimum Gasteiger partial charge on any atom is -0.491 e. The monoisotopic (exact) mass is 556 g/mol. The maximum absolute atomic E-state index is 13.2. The van der Waals surface area contributed by atoms with Crippen LogP contribution in [0.4, 0.5) is 11.4 Å². The second-order valence-corrected chi connectivity index (χ2v) is 9.46. The van der Waals surface area contributed by atoms with Gasteiger partial charge in [-0.15, -0.1) is 0 Å². The summed E-state index contributed by atoms with van der Waals surface area (Å²) in [5.41, 5.74) is 5.42. The molecule has 0 bridgehead atoms. The van der Waals surface area contributed by atoms with Crippen LogP contribution in [0.5, 0.6) is 5.75 Å². The quantitative estimate of drug-likeness (QED) is 0.173. The van der Waals surface area contributed by atoms with Crippen molar-refractivity contribution in [1.82, 2.24) is 0 Å². The first-order valence-corrected chi connectivity index (χ1v) is 13.2. The molecule has 2 amide bonds. The van der Waals surface area contributed by atoms with Crippen LogP contribution in [-0.2, 0) is 0 Å². The number of ether oxygens (including phenoxy) is 1. The molecule has 0 aliphatic carbocycles. The SMILES string of the molecule is Cc1ccc(-c2ccccc2C(=O)Nc2ccc(C(=O)N(C)c3ccccc3OCCCBr)cc2)cc1. The Labute approximate surface area is 226 Å². The molecule has 0 saturated carbocycles. The average molecular weight is 557 g/mol. The minimum atomic E-state index is -0.207. The number of carbonyl (C=O) groups excluding carboxylic acids is 2. The van der Waals surface area contributed by atoms with Crippen molar-refractivity contribution in [2.45, 2.75) is 13.3 Å². The van der Waals surface area contributed by atoms with E-state index in [-0.39, 0.29) is 11.8 Å². The third kappa shape index (κ3) is 6.46. The molecule has 0 saturated heterocycles. The smallest absolute Gasteiger partial charge is 0.258 e. The number of hydrogen-bond donors (Lipinski definition) is 1. The lowest BCUT2D eigenvalue weighted by Crippen LogP contribution is -2.26. The number of carbonyl (C=O) groups is 2. The summed E-state index contributed by atoms with van der Waals surface area (Å²) in [7, 11) is 1.73. The number of anilines is 2. The van der Waals surface area contributed by atoms with Gasteiger partial charge in [0.15, 0.2) is 0 Å². The Morgan fingerprint density at radius 3 is 2.27 bits per heavy atom. The van der Waals surface area contributed by atoms with Crippen molar-refractivity contribution in [3.05, 3.63) is 114 Å². The number of hydrogen-bond acceptors (Lipinski definition) is 3. The molecule has 0 aromatic heterocycles. The predicted octanol–water partition coefficient (Wildman–Crippen LogP) is 7.35. The van der Waals surface area contributed by atoms with Gasteiger partial charge in [-0.05, 0) is 66.9 Å². The molecule has 4 aromatic rings. The number of para-hydroxylation sites is 2. The number of aryl methyl sites for hydroxylation is 1. The molecule has 5 nitrogen and oxygen atoms in total. The van der Waals surface area contributed by atoms with Crippen LogP contribution in [0.1, 0.15) is 32.7 Å². The van der Waals surface area contributed by atoms with E-state index in [2.05, 4.69) is 21.2 Å². The molecule has 0 heterocycles. The van der Waals surface area contributed by atoms with E-state index >= 15 is 0 Å². The molecule has 0 atom stereocenters. The van der Waals surface area contributed by atoms with Crippen LogP contribution in [0, 0.1) is 6.92 Å². The summed E-state index contributed by atoms with van der Waals surface area (Å²) in [6, 6.07) is 30.0. The number of nitrogens with one attached hydrogen (secondary N) is 1. The van der Waals surface area contributed by atoms with E-state index in [4.69, 9.17) is 4.74 Å². The fourth-order valence-electron chi connectivity index (χ4n) is 3.96. The van der Waals surface area contributed by atoms with Gasteiger partial charge >= 0.3 is 0 Å². The molecule has 1 N–H and O–H groups in total. The largest absolute Gasteiger partial charge is 0.491 e. The number of halogens is 1. The molecular weight excluding hydrogens is 528 g/mol. The summed E-state index contributed by atoms with van der Waals surface area (Å²) >= 11 is 3.40. The molecule has 0 aliphatic rings. The van der Waals surface area contributed by atoms with E-state index < -0.39 is 0 Å². The van der Waals surface area contributed by atoms with Gasteiger partial charge in [0.25, 0.3) is 11.8 Å². The molecular formula is C31H29BrN2O3. The third-order valence-corrected chi connectivity index (χ3v) is 6.55. The zero-order valence-electron chi connectivity index (χ0n) is 20.9. The fourth-order valence-corrected chi connectivity index (χ4v) is 4.19. The second kappa shape index (κ2) is 12.4. The van der Waals surface area contributed by atoms with Gasteiger partial charge in [-0.3, -0.25) is 9.59 Å². The average Bonchev–Trinajstić information content (AvgIpc) is 2.93. The molecule has 0 fully saturated rings. The Bertz CT molecular complexity index is 1370. The Morgan fingerprint density at radius 1 is 0.865 bits per heavy atom. The summed E-state index contributed by atoms with van der Waals surface area (Å²) in [5.74, 6) is 0.288. The van der Waals surface area contributed by atoms with Gasteiger partial charge in [0.05, 0.1) is 12.3 Å². The van der Waals surface area contributed by atoms with Crippen LogP contribution < -0.4 is 15.0 Å². The van der Waals surface area contributed by atoms with Crippen LogP contribution in [0.25, 0.3) is 11.1 Å². The molecule has 0 spiro atoms. The first-order chi connectivity index (χ1) is 18.0. The molecule has 0 unspecified atom stereocenters. The molecule has 4 rings (SSSR count). The van der Waals surface area contributed by atoms with E-state index in [1.165, 1.54) is 0 Å². The summed E-state index contributed by atoms with van der Waals surface area (Å²) in [5, 5.41) is 3.81. The van der Waals surface area contributed by atoms with Gasteiger partial charge in [-0.25, -0.2) is 0 Å². The van der Waals surface area contributed by atoms with Crippen molar-refractivity contribution < 1.29 is 14.3 Å². The molecule has 4 aromatic carbocycles. The number of nitrogens with zero attached hydrogens (tertiary/aromatic N) is 1. The van der Waals surface area contributed by atoms with Crippen LogP contribution in [0.2, 0.25) is 0 Å². The number of benzene rings is 4. The summed E-state index contributed by atoms with van der Waals surface area (Å²) in [4.78, 5) is 27.9. The topological polar surface area (TPSA) is 58.6 Å². The first-order valence-electron chi connectivity index (χ1n) is 12.1. The number of alkyl halides is 1. The van der Waals surface area contributed by atoms with Crippen LogP contribution in [-0.4, -0.2) is 30.8 Å². The Kier molecular flexibility index (Phi) is 8.75. The Morgan fingerprint density at radius 2 is 1.54 bits per heavy atom. The van der Waals surface area contributed by atoms with E-state index in [1.54, 1.807) is 36.2 Å². The van der Waals surface area contributed by atoms with Crippen molar-refractivity contribution in [3.63, 3.8) is 0 Å². The van der Waals surface area contributed by atoms with E-state index in [1.807, 2.05) is 79.7 Å². The summed E-state index contributed by atoms with van der Waals surface area (Å²) in [6.45, 7) is 2.60. The lowest BCUT2D eigenvalue weighted by atomic mass is 9.98. The van der Waals surface area contributed by atoms with E-state index in [9.17, 15) is 9.59 Å². The normalized spacial score (nSPS) is 10.6. The van der Waals surface area contributed by atoms with Crippen molar-refractivity contribution in [2.24, 2.45) is 0 Å². The number of amides is 2. The highest BCUT2D eigenvalue weighted by molar-refractivity contribution is 9.09. The van der Waals surface area contributed by atoms with Gasteiger partial charge in [0.1, 0.15) is 5.75 Å². The summed E-state index contributed by atoms with van der Waals surface area (Å²) < 4.78 is 5.87. The highest BCUT2D eigenvalue weighted by Crippen LogP contribution is 2.29. The molecule has 0 aliphatic heterocycles. The molecule has 188 valence electrons. The van der Waals surface area contributed by atoms with Gasteiger partial charge < -0.3 is 15.0 Å². The van der Waals surface area contributed by atoms with Crippen molar-refractivity contribution in [3.8, 4) is 16.9 Å². The summed E-state index contributed by atoms with van der Waals surface area (Å²) in [6.07, 6.45) is 0.870. The number of rotatable bonds is 9. The van der Waals surface area contributed by atoms with E-state index in [0.717, 1.165) is 28.4 Å². The highest BCUT2D eigenvalue weighted by atomic mass is 79.9.